The lowest BCUT2D eigenvalue weighted by molar-refractivity contribution is -0.402. The second-order valence-corrected chi connectivity index (χ2v) is 44.1. The van der Waals surface area contributed by atoms with Gasteiger partial charge in [-0.2, -0.15) is 0 Å². The van der Waals surface area contributed by atoms with Crippen molar-refractivity contribution in [3.05, 3.63) is 11.6 Å². The number of carbonyl (C=O) groups is 5. The molecule has 7 aliphatic heterocycles. The van der Waals surface area contributed by atoms with Gasteiger partial charge < -0.3 is 199 Å². The van der Waals surface area contributed by atoms with Gasteiger partial charge in [0.1, 0.15) is 170 Å². The first-order valence-electron chi connectivity index (χ1n) is 48.9. The van der Waals surface area contributed by atoms with Crippen molar-refractivity contribution in [3.63, 3.8) is 0 Å². The van der Waals surface area contributed by atoms with E-state index in [0.717, 1.165) is 11.9 Å². The van der Waals surface area contributed by atoms with Crippen LogP contribution in [0.25, 0.3) is 0 Å². The molecule has 25 N–H and O–H groups in total. The lowest BCUT2D eigenvalue weighted by Gasteiger charge is -2.71. The van der Waals surface area contributed by atoms with Gasteiger partial charge in [0.2, 0.25) is 5.60 Å². The molecule has 6 aliphatic carbocycles. The first-order valence-corrected chi connectivity index (χ1v) is 48.9. The van der Waals surface area contributed by atoms with Crippen LogP contribution >= 0.6 is 0 Å². The number of aliphatic carboxylic acids is 1. The Hall–Kier alpha value is -3.95. The van der Waals surface area contributed by atoms with Crippen LogP contribution in [0.4, 0.5) is 0 Å². The standard InChI is InChI=1S/C94H152O44/c1-13-37(3)50(129-58(104)26-43(101)25-51(38(4)14-2)131-83-67(112)63(108)54(31-96)132-83)24-42(100)22-41(99)23-44-39(5)21-52(73(60(44)105)136-82-69(114)65(110)72(40(6)128-82)135-81-71(116)75(117)93(124,36-127-81)79-77(119)92(123,34-98)35-126-79)130-80(120)46-28-87(7,8)27-45-47-15-16-56-88(9)19-18-57(89(10,33-97)55(88)17-20-90(56,11)91(47,12)29-48(102)59(45)46)134-85-74(137-84-68(113)64(109)62(107)53(30-95)133-84)70(115)76(118)94(138-85,86(121)122)78-66(111)61(106)49(103)32-125-78/h15,33,37-40,42-46,48-57,59-79,81-85,95-96,98,100-103,105-119,123-124H,13-14,16-32,34-36H2,1-12H3,(H,121,122)/t37?,38?,39?,40?,42?,43?,44?,45?,46-,48-,49?,50?,51?,52?,53?,54?,55?,56?,57?,59?,60?,61?,62?,63?,64?,65?,66?,67?,68?,69?,70?,71?,72?,73?,74?,75?,76?,77?,78?,79?,81?,82?,83?,84?,85?,88?,89+,90?,91-,92?,93?,94?/m1/s1. The quantitative estimate of drug-likeness (QED) is 0.0124. The van der Waals surface area contributed by atoms with Crippen molar-refractivity contribution in [2.45, 2.75) is 423 Å². The van der Waals surface area contributed by atoms with Crippen LogP contribution in [0.3, 0.4) is 0 Å². The maximum Gasteiger partial charge on any atom is 0.341 e. The van der Waals surface area contributed by atoms with Crippen LogP contribution in [0.1, 0.15) is 186 Å². The van der Waals surface area contributed by atoms with Crippen molar-refractivity contribution in [1.82, 2.24) is 0 Å². The molecule has 0 aromatic carbocycles. The van der Waals surface area contributed by atoms with E-state index in [2.05, 4.69) is 26.8 Å². The van der Waals surface area contributed by atoms with E-state index in [0.29, 0.717) is 44.9 Å². The summed E-state index contributed by atoms with van der Waals surface area (Å²) in [6.45, 7) is 17.4. The van der Waals surface area contributed by atoms with Gasteiger partial charge in [0.15, 0.2) is 31.5 Å². The van der Waals surface area contributed by atoms with E-state index in [1.807, 2.05) is 34.6 Å². The van der Waals surface area contributed by atoms with E-state index in [9.17, 15) is 147 Å². The molecule has 5 saturated carbocycles. The number of carboxylic acids is 1. The van der Waals surface area contributed by atoms with E-state index in [-0.39, 0.29) is 50.4 Å². The van der Waals surface area contributed by atoms with Gasteiger partial charge in [-0.15, -0.1) is 0 Å². The van der Waals surface area contributed by atoms with Crippen molar-refractivity contribution in [1.29, 1.82) is 0 Å². The number of aliphatic hydroxyl groups is 24. The Kier molecular flexibility index (Phi) is 34.7. The lowest BCUT2D eigenvalue weighted by atomic mass is 9.34. The number of aliphatic hydroxyl groups excluding tert-OH is 22. The summed E-state index contributed by atoms with van der Waals surface area (Å²) >= 11 is 0. The van der Waals surface area contributed by atoms with Gasteiger partial charge in [-0.1, -0.05) is 101 Å². The molecule has 138 heavy (non-hydrogen) atoms. The van der Waals surface area contributed by atoms with E-state index >= 15 is 4.79 Å². The Balaban J connectivity index is 0.732. The highest BCUT2D eigenvalue weighted by Gasteiger charge is 2.74. The van der Waals surface area contributed by atoms with Crippen molar-refractivity contribution in [2.75, 3.05) is 39.6 Å². The van der Waals surface area contributed by atoms with Crippen LogP contribution < -0.4 is 0 Å². The summed E-state index contributed by atoms with van der Waals surface area (Å²) in [5.41, 5.74) is -11.6. The molecule has 12 fully saturated rings. The molecule has 0 aromatic heterocycles. The third-order valence-electron chi connectivity index (χ3n) is 34.8. The molecule has 0 bridgehead atoms. The fraction of sp³-hybridized carbons (Fsp3) is 0.926. The summed E-state index contributed by atoms with van der Waals surface area (Å²) < 4.78 is 84.4. The number of rotatable bonds is 34. The minimum atomic E-state index is -3.27. The highest BCUT2D eigenvalue weighted by molar-refractivity contribution is 5.80. The predicted molar refractivity (Wildman–Crippen MR) is 465 cm³/mol. The summed E-state index contributed by atoms with van der Waals surface area (Å²) in [6, 6.07) is 0. The highest BCUT2D eigenvalue weighted by Crippen LogP contribution is 2.75. The third-order valence-corrected chi connectivity index (χ3v) is 34.8. The summed E-state index contributed by atoms with van der Waals surface area (Å²) in [5, 5.41) is 281. The Labute approximate surface area is 799 Å². The minimum absolute atomic E-state index is 0.00369. The summed E-state index contributed by atoms with van der Waals surface area (Å²) in [5.74, 6) is -9.91. The molecule has 0 amide bonds. The zero-order valence-electron chi connectivity index (χ0n) is 80.1. The normalized spacial score (nSPS) is 49.9. The van der Waals surface area contributed by atoms with Gasteiger partial charge in [0.05, 0.1) is 100 Å². The molecule has 44 heteroatoms. The summed E-state index contributed by atoms with van der Waals surface area (Å²) in [7, 11) is 0. The molecule has 7 saturated heterocycles. The van der Waals surface area contributed by atoms with Gasteiger partial charge in [-0.3, -0.25) is 14.4 Å². The molecule has 0 spiro atoms. The summed E-state index contributed by atoms with van der Waals surface area (Å²) in [4.78, 5) is 72.4. The van der Waals surface area contributed by atoms with E-state index in [1.165, 1.54) is 6.92 Å². The molecule has 13 aliphatic rings. The van der Waals surface area contributed by atoms with Gasteiger partial charge in [0, 0.05) is 31.6 Å². The number of esters is 2. The van der Waals surface area contributed by atoms with E-state index < -0.39 is 389 Å². The van der Waals surface area contributed by atoms with E-state index in [4.69, 9.17) is 66.3 Å². The van der Waals surface area contributed by atoms with Crippen molar-refractivity contribution < 1.29 is 218 Å². The second-order valence-electron chi connectivity index (χ2n) is 44.1. The average Bonchev–Trinajstić information content (AvgIpc) is 0.819. The second kappa shape index (κ2) is 43.1. The molecule has 52 atom stereocenters. The Morgan fingerprint density at radius 1 is 0.572 bits per heavy atom. The smallest absolute Gasteiger partial charge is 0.341 e. The zero-order chi connectivity index (χ0) is 102. The number of hydrogen-bond acceptors (Lipinski definition) is 43. The Morgan fingerprint density at radius 2 is 1.17 bits per heavy atom. The third kappa shape index (κ3) is 20.4. The first-order chi connectivity index (χ1) is 64.6. The fourth-order valence-electron chi connectivity index (χ4n) is 26.0. The number of ether oxygens (including phenoxy) is 14. The molecular formula is C94H152O44. The van der Waals surface area contributed by atoms with Gasteiger partial charge in [-0.05, 0) is 128 Å². The number of fused-ring (bicyclic) bond motifs is 7. The molecule has 0 aromatic rings. The van der Waals surface area contributed by atoms with Gasteiger partial charge >= 0.3 is 17.9 Å². The number of aldehydes is 1. The first kappa shape index (κ1) is 111. The van der Waals surface area contributed by atoms with Crippen molar-refractivity contribution in [2.24, 2.45) is 80.3 Å². The van der Waals surface area contributed by atoms with Gasteiger partial charge in [0.25, 0.3) is 0 Å². The monoisotopic (exact) mass is 1980 g/mol. The minimum Gasteiger partial charge on any atom is -0.479 e. The molecule has 7 heterocycles. The topological polar surface area (TPSA) is 720 Å². The van der Waals surface area contributed by atoms with Crippen LogP contribution in [0, 0.1) is 80.3 Å². The molecule has 792 valence electrons. The van der Waals surface area contributed by atoms with Crippen LogP contribution in [-0.4, -0.2) is 435 Å². The molecule has 0 radical (unpaired) electrons. The van der Waals surface area contributed by atoms with Crippen LogP contribution in [0.15, 0.2) is 11.6 Å². The largest absolute Gasteiger partial charge is 0.479 e. The molecular weight excluding hydrogens is 1830 g/mol. The number of allylic oxidation sites excluding steroid dienone is 2. The maximum absolute atomic E-state index is 15.9. The van der Waals surface area contributed by atoms with Crippen molar-refractivity contribution in [3.8, 4) is 0 Å². The summed E-state index contributed by atoms with van der Waals surface area (Å²) in [6.07, 6.45) is -60.3. The number of Topliss-reactive ketones (excluding diaryl/α,β-unsaturated/α-hetero) is 1. The Bertz CT molecular complexity index is 4150. The lowest BCUT2D eigenvalue weighted by Crippen LogP contribution is -2.77. The Morgan fingerprint density at radius 3 is 1.80 bits per heavy atom. The molecule has 13 rings (SSSR count). The van der Waals surface area contributed by atoms with E-state index in [1.54, 1.807) is 20.8 Å². The molecule has 48 unspecified atom stereocenters. The number of carbonyl (C=O) groups excluding carboxylic acids is 4. The van der Waals surface area contributed by atoms with Crippen LogP contribution in [0.2, 0.25) is 0 Å². The number of hydrogen-bond donors (Lipinski definition) is 25. The van der Waals surface area contributed by atoms with Crippen LogP contribution in [0.5, 0.6) is 0 Å². The number of ketones is 1. The number of carboxylic acid groups (broad SMARTS) is 1. The van der Waals surface area contributed by atoms with Gasteiger partial charge in [-0.25, -0.2) is 4.79 Å². The predicted octanol–water partition coefficient (Wildman–Crippen LogP) is -5.73. The highest BCUT2D eigenvalue weighted by atomic mass is 16.8. The van der Waals surface area contributed by atoms with Crippen molar-refractivity contribution >= 4 is 30.0 Å². The zero-order valence-corrected chi connectivity index (χ0v) is 80.1. The van der Waals surface area contributed by atoms with Crippen LogP contribution in [-0.2, 0) is 90.3 Å². The molecule has 44 nitrogen and oxygen atoms in total. The average molecular weight is 1990 g/mol. The maximum atomic E-state index is 15.9. The fourth-order valence-corrected chi connectivity index (χ4v) is 26.0. The SMILES string of the molecule is CCC(C)C(CC(O)CC(=O)CC1C(C)CC(OC(=O)[C@@H]2CC(C)(C)CC3C4=CCC5C6(C)CCC(OC7OC(C(=O)O)(C8OCC(O)C(O)C8O)C(O)C(O)C7OC7OC(CO)C(O)C(O)C7O)[C@@](C)(C=O)C6CCC5(C)[C@]4(C)C[C@@H](O)C32)C(OC2OC(C)C(OC3OCC(O)(C4OCC(O)(CO)C4O)C(O)C3O)C(O)C2O)C1O)OC(=O)CC(O)CC(OC1OC(CO)C(O)C1O)C(C)CC.